The number of fused-ring (bicyclic) bond motifs is 6. The minimum Gasteiger partial charge on any atom is -0.309 e. The highest BCUT2D eigenvalue weighted by molar-refractivity contribution is 6.12. The fraction of sp³-hybridized carbons (Fsp3) is 0. The first-order valence-corrected chi connectivity index (χ1v) is 14.8. The molecule has 0 radical (unpaired) electrons. The van der Waals surface area contributed by atoms with Crippen molar-refractivity contribution in [2.45, 2.75) is 0 Å². The molecule has 8 rings (SSSR count). The van der Waals surface area contributed by atoms with Crippen LogP contribution in [0.25, 0.3) is 75.8 Å². The van der Waals surface area contributed by atoms with Crippen molar-refractivity contribution in [1.82, 2.24) is 14.1 Å². The van der Waals surface area contributed by atoms with Crippen molar-refractivity contribution in [2.75, 3.05) is 0 Å². The topological polar surface area (TPSA) is 103 Å². The number of hydrogen-bond donors (Lipinski definition) is 0. The van der Waals surface area contributed by atoms with E-state index >= 15 is 0 Å². The van der Waals surface area contributed by atoms with Crippen LogP contribution >= 0.6 is 0 Å². The van der Waals surface area contributed by atoms with Crippen LogP contribution in [0.5, 0.6) is 0 Å². The van der Waals surface area contributed by atoms with Gasteiger partial charge >= 0.3 is 0 Å². The van der Waals surface area contributed by atoms with Gasteiger partial charge in [-0.3, -0.25) is 4.98 Å². The molecule has 0 aliphatic heterocycles. The highest BCUT2D eigenvalue weighted by Gasteiger charge is 2.20. The third-order valence-corrected chi connectivity index (χ3v) is 8.72. The smallest absolute Gasteiger partial charge is 0.188 e. The Morgan fingerprint density at radius 2 is 1.08 bits per heavy atom. The largest absolute Gasteiger partial charge is 0.309 e. The lowest BCUT2D eigenvalue weighted by molar-refractivity contribution is 1.15. The minimum absolute atomic E-state index is 0.457. The molecule has 48 heavy (non-hydrogen) atoms. The Labute approximate surface area is 274 Å². The van der Waals surface area contributed by atoms with Crippen LogP contribution in [0.3, 0.4) is 0 Å². The predicted octanol–water partition coefficient (Wildman–Crippen LogP) is 9.66. The molecule has 3 aromatic heterocycles. The van der Waals surface area contributed by atoms with Gasteiger partial charge in [-0.05, 0) is 95.7 Å². The molecule has 8 nitrogen and oxygen atoms in total. The molecule has 0 fully saturated rings. The van der Waals surface area contributed by atoms with Crippen molar-refractivity contribution in [2.24, 2.45) is 0 Å². The van der Waals surface area contributed by atoms with E-state index in [1.165, 1.54) is 0 Å². The Morgan fingerprint density at radius 3 is 1.62 bits per heavy atom. The minimum atomic E-state index is 0.457. The van der Waals surface area contributed by atoms with Crippen LogP contribution in [0, 0.1) is 47.1 Å². The maximum absolute atomic E-state index is 10.3. The lowest BCUT2D eigenvalue weighted by Gasteiger charge is -2.16. The summed E-state index contributed by atoms with van der Waals surface area (Å²) in [6, 6.07) is 36.4. The number of hydrogen-bond acceptors (Lipinski definition) is 4. The van der Waals surface area contributed by atoms with Gasteiger partial charge in [0.05, 0.1) is 75.8 Å². The number of rotatable bonds is 3. The van der Waals surface area contributed by atoms with Gasteiger partial charge in [-0.25, -0.2) is 9.69 Å². The van der Waals surface area contributed by atoms with E-state index in [1.54, 1.807) is 42.7 Å². The first-order valence-electron chi connectivity index (χ1n) is 14.8. The highest BCUT2D eigenvalue weighted by Crippen LogP contribution is 2.41. The first-order chi connectivity index (χ1) is 23.6. The SMILES string of the molecule is [C-]#[N+]c1ccc2c(c1)c1cc([N+]#[C-])ccc1n2-c1ccncc1-c1cc(-n2c3ccc(C#N)cc3c3cc(C#N)ccc32)ccc1C#N. The van der Waals surface area contributed by atoms with E-state index in [0.29, 0.717) is 33.6 Å². The predicted molar refractivity (Wildman–Crippen MR) is 185 cm³/mol. The Balaban J connectivity index is 1.42. The third-order valence-electron chi connectivity index (χ3n) is 8.72. The molecule has 3 heterocycles. The van der Waals surface area contributed by atoms with Gasteiger partial charge in [-0.2, -0.15) is 15.8 Å². The molecule has 0 atom stereocenters. The first kappa shape index (κ1) is 27.8. The maximum Gasteiger partial charge on any atom is 0.188 e. The molecule has 8 aromatic rings. The van der Waals surface area contributed by atoms with E-state index in [-0.39, 0.29) is 0 Å². The van der Waals surface area contributed by atoms with E-state index in [1.807, 2.05) is 66.7 Å². The van der Waals surface area contributed by atoms with Crippen LogP contribution in [-0.4, -0.2) is 14.1 Å². The van der Waals surface area contributed by atoms with Gasteiger partial charge in [-0.1, -0.05) is 12.1 Å². The summed E-state index contributed by atoms with van der Waals surface area (Å²) in [7, 11) is 0. The second-order valence-electron chi connectivity index (χ2n) is 11.2. The van der Waals surface area contributed by atoms with Crippen LogP contribution in [-0.2, 0) is 0 Å². The highest BCUT2D eigenvalue weighted by atomic mass is 15.0. The molecule has 5 aromatic carbocycles. The van der Waals surface area contributed by atoms with Crippen molar-refractivity contribution in [3.8, 4) is 40.7 Å². The summed E-state index contributed by atoms with van der Waals surface area (Å²) in [5.74, 6) is 0. The number of benzene rings is 5. The zero-order valence-electron chi connectivity index (χ0n) is 25.0. The molecule has 0 saturated heterocycles. The Hall–Kier alpha value is -7.70. The molecular weight excluding hydrogens is 592 g/mol. The summed E-state index contributed by atoms with van der Waals surface area (Å²) in [5, 5.41) is 33.0. The van der Waals surface area contributed by atoms with Crippen LogP contribution in [0.2, 0.25) is 0 Å². The maximum atomic E-state index is 10.3. The van der Waals surface area contributed by atoms with Gasteiger partial charge in [0.1, 0.15) is 0 Å². The van der Waals surface area contributed by atoms with Crippen molar-refractivity contribution < 1.29 is 0 Å². The average Bonchev–Trinajstić information content (AvgIpc) is 3.65. The van der Waals surface area contributed by atoms with E-state index < -0.39 is 0 Å². The third kappa shape index (κ3) is 4.08. The van der Waals surface area contributed by atoms with Gasteiger partial charge in [-0.15, -0.1) is 0 Å². The molecule has 0 N–H and O–H groups in total. The summed E-state index contributed by atoms with van der Waals surface area (Å²) >= 11 is 0. The lowest BCUT2D eigenvalue weighted by atomic mass is 9.99. The molecule has 0 unspecified atom stereocenters. The van der Waals surface area contributed by atoms with Crippen molar-refractivity contribution >= 4 is 55.0 Å². The standard InChI is InChI=1S/C40H18N8/c1-44-27-6-11-38-33(17-27)34-18-28(45-2)7-12-39(34)48(38)40-13-14-46-23-35(40)30-19-29(8-5-26(30)22-43)47-36-9-3-24(20-41)15-31(36)32-16-25(21-42)4-10-37(32)47/h3-19,23H. The molecule has 0 aliphatic rings. The normalized spacial score (nSPS) is 10.8. The number of aromatic nitrogens is 3. The summed E-state index contributed by atoms with van der Waals surface area (Å²) in [6.45, 7) is 15.2. The summed E-state index contributed by atoms with van der Waals surface area (Å²) in [6.07, 6.45) is 3.46. The van der Waals surface area contributed by atoms with Crippen LogP contribution < -0.4 is 0 Å². The molecule has 218 valence electrons. The van der Waals surface area contributed by atoms with Gasteiger partial charge in [0.2, 0.25) is 0 Å². The van der Waals surface area contributed by atoms with E-state index in [2.05, 4.69) is 42.0 Å². The van der Waals surface area contributed by atoms with Gasteiger partial charge < -0.3 is 9.13 Å². The van der Waals surface area contributed by atoms with Crippen molar-refractivity contribution in [1.29, 1.82) is 15.8 Å². The molecule has 0 amide bonds. The van der Waals surface area contributed by atoms with E-state index in [0.717, 1.165) is 60.5 Å². The van der Waals surface area contributed by atoms with Crippen LogP contribution in [0.15, 0.2) is 109 Å². The van der Waals surface area contributed by atoms with Crippen LogP contribution in [0.1, 0.15) is 16.7 Å². The Kier molecular flexibility index (Phi) is 6.22. The molecule has 8 heteroatoms. The summed E-state index contributed by atoms with van der Waals surface area (Å²) < 4.78 is 4.16. The fourth-order valence-corrected chi connectivity index (χ4v) is 6.62. The summed E-state index contributed by atoms with van der Waals surface area (Å²) in [5.41, 5.74) is 8.87. The second-order valence-corrected chi connectivity index (χ2v) is 11.2. The summed E-state index contributed by atoms with van der Waals surface area (Å²) in [4.78, 5) is 11.8. The molecule has 0 saturated carbocycles. The second kappa shape index (κ2) is 10.7. The van der Waals surface area contributed by atoms with Crippen molar-refractivity contribution in [3.63, 3.8) is 0 Å². The molecule has 0 aliphatic carbocycles. The molecule has 0 bridgehead atoms. The fourth-order valence-electron chi connectivity index (χ4n) is 6.62. The lowest BCUT2D eigenvalue weighted by Crippen LogP contribution is -2.01. The van der Waals surface area contributed by atoms with Gasteiger partial charge in [0.15, 0.2) is 11.4 Å². The number of nitriles is 3. The quantitative estimate of drug-likeness (QED) is 0.186. The number of nitrogens with zero attached hydrogens (tertiary/aromatic N) is 8. The zero-order chi connectivity index (χ0) is 32.9. The Bertz CT molecular complexity index is 2760. The monoisotopic (exact) mass is 610 g/mol. The molecule has 0 spiro atoms. The van der Waals surface area contributed by atoms with Gasteiger partial charge in [0.25, 0.3) is 0 Å². The Morgan fingerprint density at radius 1 is 0.542 bits per heavy atom. The van der Waals surface area contributed by atoms with E-state index in [9.17, 15) is 15.8 Å². The zero-order valence-corrected chi connectivity index (χ0v) is 25.0. The average molecular weight is 611 g/mol. The van der Waals surface area contributed by atoms with Crippen molar-refractivity contribution in [3.05, 3.63) is 149 Å². The molecular formula is C40H18N8. The van der Waals surface area contributed by atoms with E-state index in [4.69, 9.17) is 13.1 Å². The number of pyridine rings is 1. The van der Waals surface area contributed by atoms with Gasteiger partial charge in [0, 0.05) is 40.0 Å². The van der Waals surface area contributed by atoms with Crippen LogP contribution in [0.4, 0.5) is 11.4 Å².